The summed E-state index contributed by atoms with van der Waals surface area (Å²) >= 11 is 0. The molecule has 8 nitrogen and oxygen atoms in total. The van der Waals surface area contributed by atoms with Crippen LogP contribution in [0.15, 0.2) is 48.5 Å². The summed E-state index contributed by atoms with van der Waals surface area (Å²) in [4.78, 5) is 12.6. The fraction of sp³-hybridized carbons (Fsp3) is 0.278. The van der Waals surface area contributed by atoms with Gasteiger partial charge in [0.2, 0.25) is 5.91 Å². The summed E-state index contributed by atoms with van der Waals surface area (Å²) < 4.78 is 46.0. The number of hydrogen-bond acceptors (Lipinski definition) is 6. The van der Waals surface area contributed by atoms with E-state index < -0.39 is 33.0 Å². The molecule has 1 fully saturated rings. The molecule has 0 saturated carbocycles. The summed E-state index contributed by atoms with van der Waals surface area (Å²) in [5, 5.41) is 1.52. The maximum Gasteiger partial charge on any atom is 0.250 e. The number of carbonyl (C=O) groups excluding carboxylic acids is 1. The number of anilines is 2. The van der Waals surface area contributed by atoms with Crippen molar-refractivity contribution in [3.8, 4) is 5.75 Å². The molecule has 0 aromatic heterocycles. The minimum absolute atomic E-state index is 0.137. The zero-order chi connectivity index (χ0) is 20.1. The Morgan fingerprint density at radius 2 is 1.79 bits per heavy atom. The van der Waals surface area contributed by atoms with Crippen LogP contribution in [0.4, 0.5) is 15.8 Å². The molecule has 1 heterocycles. The van der Waals surface area contributed by atoms with Gasteiger partial charge in [-0.15, -0.1) is 0 Å². The summed E-state index contributed by atoms with van der Waals surface area (Å²) in [7, 11) is -3.95. The highest BCUT2D eigenvalue weighted by Crippen LogP contribution is 2.21. The molecule has 150 valence electrons. The van der Waals surface area contributed by atoms with Crippen LogP contribution in [0.3, 0.4) is 0 Å². The van der Waals surface area contributed by atoms with Gasteiger partial charge in [0.25, 0.3) is 10.0 Å². The van der Waals surface area contributed by atoms with Crippen molar-refractivity contribution < 1.29 is 22.3 Å². The molecule has 1 amide bonds. The van der Waals surface area contributed by atoms with E-state index >= 15 is 0 Å². The average Bonchev–Trinajstić information content (AvgIpc) is 3.16. The normalized spacial score (nSPS) is 19.2. The number of carbonyl (C=O) groups is 1. The van der Waals surface area contributed by atoms with Gasteiger partial charge in [0, 0.05) is 17.9 Å². The highest BCUT2D eigenvalue weighted by atomic mass is 32.2. The van der Waals surface area contributed by atoms with Crippen LogP contribution in [-0.2, 0) is 14.8 Å². The van der Waals surface area contributed by atoms with Crippen LogP contribution in [-0.4, -0.2) is 32.9 Å². The first kappa shape index (κ1) is 20.1. The molecule has 28 heavy (non-hydrogen) atoms. The molecule has 1 aliphatic heterocycles. The van der Waals surface area contributed by atoms with Crippen molar-refractivity contribution in [3.63, 3.8) is 0 Å². The Morgan fingerprint density at radius 1 is 1.14 bits per heavy atom. The Balaban J connectivity index is 1.68. The van der Waals surface area contributed by atoms with Crippen LogP contribution in [0.2, 0.25) is 0 Å². The predicted molar refractivity (Wildman–Crippen MR) is 104 cm³/mol. The Labute approximate surface area is 162 Å². The Hall–Kier alpha value is -2.69. The van der Waals surface area contributed by atoms with Crippen molar-refractivity contribution in [1.82, 2.24) is 10.9 Å². The molecule has 1 aliphatic rings. The molecule has 3 rings (SSSR count). The van der Waals surface area contributed by atoms with Crippen molar-refractivity contribution >= 4 is 27.3 Å². The largest absolute Gasteiger partial charge is 0.494 e. The summed E-state index contributed by atoms with van der Waals surface area (Å²) in [6, 6.07) is 11.7. The monoisotopic (exact) mass is 408 g/mol. The van der Waals surface area contributed by atoms with Crippen LogP contribution < -0.4 is 25.6 Å². The van der Waals surface area contributed by atoms with E-state index in [0.29, 0.717) is 18.0 Å². The van der Waals surface area contributed by atoms with Crippen LogP contribution in [0.1, 0.15) is 6.92 Å². The molecule has 0 bridgehead atoms. The third-order valence-corrected chi connectivity index (χ3v) is 5.78. The number of rotatable bonds is 7. The smallest absolute Gasteiger partial charge is 0.250 e. The van der Waals surface area contributed by atoms with E-state index in [9.17, 15) is 17.6 Å². The number of nitrogens with one attached hydrogen (secondary N) is 4. The Bertz CT molecular complexity index is 920. The lowest BCUT2D eigenvalue weighted by molar-refractivity contribution is -0.119. The van der Waals surface area contributed by atoms with Gasteiger partial charge in [-0.3, -0.25) is 14.9 Å². The van der Waals surface area contributed by atoms with Gasteiger partial charge in [-0.1, -0.05) is 0 Å². The number of halogens is 1. The summed E-state index contributed by atoms with van der Waals surface area (Å²) in [5.74, 6) is -1.12. The van der Waals surface area contributed by atoms with Crippen molar-refractivity contribution in [1.29, 1.82) is 0 Å². The lowest BCUT2D eigenvalue weighted by atomic mass is 10.1. The molecular formula is C18H21FN4O4S. The number of hydrazine groups is 1. The zero-order valence-corrected chi connectivity index (χ0v) is 15.9. The van der Waals surface area contributed by atoms with Crippen LogP contribution >= 0.6 is 0 Å². The van der Waals surface area contributed by atoms with Crippen LogP contribution in [0, 0.1) is 11.7 Å². The SMILES string of the molecule is CCOc1ccc(NC(=O)C2CNNC2S(=O)(=O)Nc2ccc(F)cc2)cc1. The lowest BCUT2D eigenvalue weighted by Gasteiger charge is -2.19. The molecule has 0 spiro atoms. The first-order chi connectivity index (χ1) is 13.4. The number of benzene rings is 2. The average molecular weight is 408 g/mol. The van der Waals surface area contributed by atoms with Gasteiger partial charge in [0.1, 0.15) is 11.6 Å². The van der Waals surface area contributed by atoms with Crippen molar-refractivity contribution in [2.45, 2.75) is 12.3 Å². The topological polar surface area (TPSA) is 109 Å². The minimum atomic E-state index is -3.95. The zero-order valence-electron chi connectivity index (χ0n) is 15.1. The molecule has 1 saturated heterocycles. The number of sulfonamides is 1. The molecule has 10 heteroatoms. The third kappa shape index (κ3) is 4.77. The number of amides is 1. The van der Waals surface area contributed by atoms with Gasteiger partial charge in [0.05, 0.1) is 12.5 Å². The van der Waals surface area contributed by atoms with Gasteiger partial charge >= 0.3 is 0 Å². The van der Waals surface area contributed by atoms with Gasteiger partial charge in [-0.25, -0.2) is 18.2 Å². The number of ether oxygens (including phenoxy) is 1. The molecule has 4 N–H and O–H groups in total. The minimum Gasteiger partial charge on any atom is -0.494 e. The predicted octanol–water partition coefficient (Wildman–Crippen LogP) is 1.65. The molecule has 0 radical (unpaired) electrons. The fourth-order valence-corrected chi connectivity index (χ4v) is 4.27. The third-order valence-electron chi connectivity index (χ3n) is 4.14. The quantitative estimate of drug-likeness (QED) is 0.555. The second-order valence-corrected chi connectivity index (χ2v) is 7.95. The molecule has 0 aliphatic carbocycles. The fourth-order valence-electron chi connectivity index (χ4n) is 2.78. The van der Waals surface area contributed by atoms with E-state index in [4.69, 9.17) is 4.74 Å². The van der Waals surface area contributed by atoms with E-state index in [1.165, 1.54) is 12.1 Å². The van der Waals surface area contributed by atoms with Crippen LogP contribution in [0.25, 0.3) is 0 Å². The summed E-state index contributed by atoms with van der Waals surface area (Å²) in [5.41, 5.74) is 6.06. The Kier molecular flexibility index (Phi) is 6.12. The molecule has 2 unspecified atom stereocenters. The van der Waals surface area contributed by atoms with Crippen molar-refractivity contribution in [2.24, 2.45) is 5.92 Å². The summed E-state index contributed by atoms with van der Waals surface area (Å²) in [6.45, 7) is 2.54. The molecule has 2 aromatic carbocycles. The highest BCUT2D eigenvalue weighted by Gasteiger charge is 2.41. The number of hydrogen-bond donors (Lipinski definition) is 4. The van der Waals surface area contributed by atoms with E-state index in [0.717, 1.165) is 12.1 Å². The maximum atomic E-state index is 13.0. The second-order valence-electron chi connectivity index (χ2n) is 6.15. The highest BCUT2D eigenvalue weighted by molar-refractivity contribution is 7.93. The maximum absolute atomic E-state index is 13.0. The molecule has 2 aromatic rings. The van der Waals surface area contributed by atoms with Crippen LogP contribution in [0.5, 0.6) is 5.75 Å². The van der Waals surface area contributed by atoms with E-state index in [1.807, 2.05) is 6.92 Å². The summed E-state index contributed by atoms with van der Waals surface area (Å²) in [6.07, 6.45) is 0. The lowest BCUT2D eigenvalue weighted by Crippen LogP contribution is -2.45. The van der Waals surface area contributed by atoms with E-state index in [1.54, 1.807) is 24.3 Å². The van der Waals surface area contributed by atoms with E-state index in [2.05, 4.69) is 20.9 Å². The van der Waals surface area contributed by atoms with E-state index in [-0.39, 0.29) is 12.2 Å². The second kappa shape index (κ2) is 8.55. The van der Waals surface area contributed by atoms with Gasteiger partial charge in [-0.2, -0.15) is 0 Å². The molecule has 2 atom stereocenters. The van der Waals surface area contributed by atoms with Gasteiger partial charge in [-0.05, 0) is 55.5 Å². The Morgan fingerprint density at radius 3 is 2.43 bits per heavy atom. The van der Waals surface area contributed by atoms with Gasteiger partial charge in [0.15, 0.2) is 5.37 Å². The first-order valence-electron chi connectivity index (χ1n) is 8.68. The standard InChI is InChI=1S/C18H21FN4O4S/c1-2-27-15-9-7-13(8-10-15)21-17(24)16-11-20-22-18(16)28(25,26)23-14-5-3-12(19)4-6-14/h3-10,16,18,20,22-23H,2,11H2,1H3,(H,21,24). The molecular weight excluding hydrogens is 387 g/mol. The first-order valence-corrected chi connectivity index (χ1v) is 10.2. The van der Waals surface area contributed by atoms with Crippen molar-refractivity contribution in [3.05, 3.63) is 54.3 Å². The van der Waals surface area contributed by atoms with Gasteiger partial charge < -0.3 is 10.1 Å². The van der Waals surface area contributed by atoms with Crippen molar-refractivity contribution in [2.75, 3.05) is 23.2 Å².